The molecule has 0 saturated carbocycles. The van der Waals surface area contributed by atoms with Gasteiger partial charge in [0.2, 0.25) is 5.88 Å². The van der Waals surface area contributed by atoms with Gasteiger partial charge in [0, 0.05) is 16.7 Å². The van der Waals surface area contributed by atoms with Crippen LogP contribution in [0.3, 0.4) is 0 Å². The summed E-state index contributed by atoms with van der Waals surface area (Å²) in [7, 11) is 1.34. The molecule has 0 amide bonds. The van der Waals surface area contributed by atoms with Crippen molar-refractivity contribution in [1.29, 1.82) is 0 Å². The fraction of sp³-hybridized carbons (Fsp3) is 0.143. The molecule has 1 heterocycles. The molecule has 0 bridgehead atoms. The number of ether oxygens (including phenoxy) is 2. The summed E-state index contributed by atoms with van der Waals surface area (Å²) in [6, 6.07) is 8.79. The van der Waals surface area contributed by atoms with Crippen molar-refractivity contribution in [3.05, 3.63) is 52.1 Å². The topological polar surface area (TPSA) is 48.4 Å². The van der Waals surface area contributed by atoms with E-state index >= 15 is 0 Å². The molecule has 0 saturated heterocycles. The van der Waals surface area contributed by atoms with E-state index in [1.807, 2.05) is 25.1 Å². The van der Waals surface area contributed by atoms with Gasteiger partial charge in [-0.05, 0) is 36.8 Å². The second kappa shape index (κ2) is 5.84. The van der Waals surface area contributed by atoms with Crippen LogP contribution >= 0.6 is 15.9 Å². The summed E-state index contributed by atoms with van der Waals surface area (Å²) < 4.78 is 11.3. The van der Waals surface area contributed by atoms with Crippen molar-refractivity contribution < 1.29 is 14.3 Å². The van der Waals surface area contributed by atoms with E-state index in [9.17, 15) is 4.79 Å². The number of carbonyl (C=O) groups is 1. The lowest BCUT2D eigenvalue weighted by atomic mass is 10.2. The number of pyridine rings is 1. The van der Waals surface area contributed by atoms with E-state index in [0.29, 0.717) is 17.2 Å². The van der Waals surface area contributed by atoms with Crippen LogP contribution in [0.4, 0.5) is 0 Å². The van der Waals surface area contributed by atoms with E-state index in [-0.39, 0.29) is 0 Å². The summed E-state index contributed by atoms with van der Waals surface area (Å²) in [4.78, 5) is 15.5. The highest BCUT2D eigenvalue weighted by molar-refractivity contribution is 9.10. The average molecular weight is 322 g/mol. The number of esters is 1. The van der Waals surface area contributed by atoms with Crippen molar-refractivity contribution in [1.82, 2.24) is 4.98 Å². The Hall–Kier alpha value is -1.88. The molecule has 0 atom stereocenters. The molecular formula is C14H12BrNO3. The lowest BCUT2D eigenvalue weighted by Gasteiger charge is -2.08. The highest BCUT2D eigenvalue weighted by atomic mass is 79.9. The Bertz CT molecular complexity index is 613. The van der Waals surface area contributed by atoms with Crippen LogP contribution in [0.2, 0.25) is 0 Å². The summed E-state index contributed by atoms with van der Waals surface area (Å²) in [5, 5.41) is 0. The SMILES string of the molecule is COC(=O)c1ccnc(Oc2ccc(Br)cc2C)c1. The van der Waals surface area contributed by atoms with Gasteiger partial charge < -0.3 is 9.47 Å². The molecule has 0 radical (unpaired) electrons. The Kier molecular flexibility index (Phi) is 4.16. The lowest BCUT2D eigenvalue weighted by Crippen LogP contribution is -2.02. The molecule has 0 aliphatic rings. The molecule has 5 heteroatoms. The summed E-state index contributed by atoms with van der Waals surface area (Å²) in [5.74, 6) is 0.630. The van der Waals surface area contributed by atoms with E-state index < -0.39 is 5.97 Å². The van der Waals surface area contributed by atoms with Crippen LogP contribution in [-0.2, 0) is 4.74 Å². The van der Waals surface area contributed by atoms with Gasteiger partial charge in [-0.3, -0.25) is 0 Å². The highest BCUT2D eigenvalue weighted by Crippen LogP contribution is 2.26. The Morgan fingerprint density at radius 2 is 2.05 bits per heavy atom. The Morgan fingerprint density at radius 3 is 2.74 bits per heavy atom. The molecule has 0 fully saturated rings. The van der Waals surface area contributed by atoms with Crippen molar-refractivity contribution >= 4 is 21.9 Å². The van der Waals surface area contributed by atoms with Gasteiger partial charge in [0.25, 0.3) is 0 Å². The second-order valence-corrected chi connectivity index (χ2v) is 4.80. The minimum atomic E-state index is -0.417. The zero-order chi connectivity index (χ0) is 13.8. The maximum atomic E-state index is 11.4. The highest BCUT2D eigenvalue weighted by Gasteiger charge is 2.08. The summed E-state index contributed by atoms with van der Waals surface area (Å²) in [6.45, 7) is 1.93. The van der Waals surface area contributed by atoms with E-state index in [4.69, 9.17) is 4.74 Å². The molecule has 98 valence electrons. The number of benzene rings is 1. The first-order valence-corrected chi connectivity index (χ1v) is 6.38. The van der Waals surface area contributed by atoms with Gasteiger partial charge in [-0.15, -0.1) is 0 Å². The van der Waals surface area contributed by atoms with Crippen molar-refractivity contribution in [2.75, 3.05) is 7.11 Å². The molecule has 0 N–H and O–H groups in total. The molecule has 4 nitrogen and oxygen atoms in total. The van der Waals surface area contributed by atoms with E-state index in [2.05, 4.69) is 25.7 Å². The smallest absolute Gasteiger partial charge is 0.338 e. The number of methoxy groups -OCH3 is 1. The summed E-state index contributed by atoms with van der Waals surface area (Å²) >= 11 is 3.39. The number of hydrogen-bond acceptors (Lipinski definition) is 4. The fourth-order valence-corrected chi connectivity index (χ4v) is 2.03. The first kappa shape index (κ1) is 13.5. The minimum Gasteiger partial charge on any atom is -0.465 e. The third-order valence-electron chi connectivity index (χ3n) is 2.51. The monoisotopic (exact) mass is 321 g/mol. The normalized spacial score (nSPS) is 10.1. The number of nitrogens with zero attached hydrogens (tertiary/aromatic N) is 1. The quantitative estimate of drug-likeness (QED) is 0.808. The molecule has 1 aromatic heterocycles. The van der Waals surface area contributed by atoms with Crippen LogP contribution < -0.4 is 4.74 Å². The number of aryl methyl sites for hydroxylation is 1. The Morgan fingerprint density at radius 1 is 1.26 bits per heavy atom. The third kappa shape index (κ3) is 3.32. The van der Waals surface area contributed by atoms with Gasteiger partial charge in [-0.25, -0.2) is 9.78 Å². The molecular weight excluding hydrogens is 310 g/mol. The molecule has 1 aromatic carbocycles. The van der Waals surface area contributed by atoms with Crippen LogP contribution in [-0.4, -0.2) is 18.1 Å². The van der Waals surface area contributed by atoms with Crippen LogP contribution in [0, 0.1) is 6.92 Å². The van der Waals surface area contributed by atoms with Crippen LogP contribution in [0.25, 0.3) is 0 Å². The van der Waals surface area contributed by atoms with E-state index in [1.165, 1.54) is 13.3 Å². The number of hydrogen-bond donors (Lipinski definition) is 0. The van der Waals surface area contributed by atoms with Crippen LogP contribution in [0.1, 0.15) is 15.9 Å². The number of aromatic nitrogens is 1. The molecule has 2 rings (SSSR count). The first-order valence-electron chi connectivity index (χ1n) is 5.58. The third-order valence-corrected chi connectivity index (χ3v) is 3.00. The number of rotatable bonds is 3. The fourth-order valence-electron chi connectivity index (χ4n) is 1.55. The molecule has 0 aliphatic heterocycles. The Labute approximate surface area is 119 Å². The van der Waals surface area contributed by atoms with Crippen LogP contribution in [0.5, 0.6) is 11.6 Å². The van der Waals surface area contributed by atoms with Gasteiger partial charge in [0.15, 0.2) is 0 Å². The maximum absolute atomic E-state index is 11.4. The van der Waals surface area contributed by atoms with Gasteiger partial charge in [-0.1, -0.05) is 15.9 Å². The summed E-state index contributed by atoms with van der Waals surface area (Å²) in [6.07, 6.45) is 1.51. The van der Waals surface area contributed by atoms with E-state index in [1.54, 1.807) is 12.1 Å². The molecule has 0 aliphatic carbocycles. The lowest BCUT2D eigenvalue weighted by molar-refractivity contribution is 0.0600. The number of halogens is 1. The maximum Gasteiger partial charge on any atom is 0.338 e. The molecule has 2 aromatic rings. The van der Waals surface area contributed by atoms with Crippen molar-refractivity contribution in [3.8, 4) is 11.6 Å². The minimum absolute atomic E-state index is 0.355. The zero-order valence-electron chi connectivity index (χ0n) is 10.5. The molecule has 0 unspecified atom stereocenters. The largest absolute Gasteiger partial charge is 0.465 e. The second-order valence-electron chi connectivity index (χ2n) is 3.89. The van der Waals surface area contributed by atoms with Crippen LogP contribution in [0.15, 0.2) is 41.0 Å². The van der Waals surface area contributed by atoms with Crippen molar-refractivity contribution in [3.63, 3.8) is 0 Å². The predicted molar refractivity (Wildman–Crippen MR) is 74.5 cm³/mol. The van der Waals surface area contributed by atoms with E-state index in [0.717, 1.165) is 10.0 Å². The zero-order valence-corrected chi connectivity index (χ0v) is 12.1. The molecule has 0 spiro atoms. The van der Waals surface area contributed by atoms with Gasteiger partial charge >= 0.3 is 5.97 Å². The van der Waals surface area contributed by atoms with Gasteiger partial charge in [-0.2, -0.15) is 0 Å². The molecule has 19 heavy (non-hydrogen) atoms. The first-order chi connectivity index (χ1) is 9.10. The van der Waals surface area contributed by atoms with Crippen molar-refractivity contribution in [2.45, 2.75) is 6.92 Å². The van der Waals surface area contributed by atoms with Gasteiger partial charge in [0.1, 0.15) is 5.75 Å². The summed E-state index contributed by atoms with van der Waals surface area (Å²) in [5.41, 5.74) is 1.38. The van der Waals surface area contributed by atoms with Crippen molar-refractivity contribution in [2.24, 2.45) is 0 Å². The Balaban J connectivity index is 2.26. The number of carbonyl (C=O) groups excluding carboxylic acids is 1. The van der Waals surface area contributed by atoms with Gasteiger partial charge in [0.05, 0.1) is 12.7 Å². The standard InChI is InChI=1S/C14H12BrNO3/c1-9-7-11(15)3-4-12(9)19-13-8-10(5-6-16-13)14(17)18-2/h3-8H,1-2H3. The average Bonchev–Trinajstić information content (AvgIpc) is 2.41. The predicted octanol–water partition coefficient (Wildman–Crippen LogP) is 3.73.